The number of furan rings is 1. The molecule has 1 amide bonds. The Balaban J connectivity index is 2.02. The summed E-state index contributed by atoms with van der Waals surface area (Å²) in [5.74, 6) is 0.652. The number of carbonyl (C=O) groups excluding carboxylic acids is 1. The van der Waals surface area contributed by atoms with E-state index in [1.54, 1.807) is 6.07 Å². The number of hydrogen-bond donors (Lipinski definition) is 2. The Morgan fingerprint density at radius 2 is 2.29 bits per heavy atom. The molecule has 1 saturated carbocycles. The van der Waals surface area contributed by atoms with Gasteiger partial charge in [0.25, 0.3) is 5.91 Å². The van der Waals surface area contributed by atoms with Crippen LogP contribution in [0.5, 0.6) is 0 Å². The van der Waals surface area contributed by atoms with E-state index in [1.807, 2.05) is 0 Å². The molecule has 0 saturated heterocycles. The van der Waals surface area contributed by atoms with Gasteiger partial charge in [-0.1, -0.05) is 6.92 Å². The van der Waals surface area contributed by atoms with E-state index < -0.39 is 0 Å². The van der Waals surface area contributed by atoms with Crippen molar-refractivity contribution in [2.75, 3.05) is 6.54 Å². The van der Waals surface area contributed by atoms with Gasteiger partial charge >= 0.3 is 0 Å². The van der Waals surface area contributed by atoms with Crippen LogP contribution in [-0.4, -0.2) is 18.0 Å². The zero-order valence-electron chi connectivity index (χ0n) is 10.2. The maximum absolute atomic E-state index is 12.0. The molecule has 4 nitrogen and oxygen atoms in total. The Kier molecular flexibility index (Phi) is 3.52. The van der Waals surface area contributed by atoms with Gasteiger partial charge in [-0.05, 0) is 37.7 Å². The molecule has 1 aromatic heterocycles. The molecule has 0 aromatic carbocycles. The Morgan fingerprint density at radius 1 is 1.59 bits per heavy atom. The molecule has 1 fully saturated rings. The van der Waals surface area contributed by atoms with Crippen LogP contribution < -0.4 is 11.1 Å². The van der Waals surface area contributed by atoms with Crippen LogP contribution >= 0.6 is 0 Å². The third-order valence-electron chi connectivity index (χ3n) is 3.78. The second-order valence-corrected chi connectivity index (χ2v) is 5.13. The molecule has 0 bridgehead atoms. The van der Waals surface area contributed by atoms with E-state index in [0.29, 0.717) is 12.1 Å². The van der Waals surface area contributed by atoms with E-state index in [-0.39, 0.29) is 11.4 Å². The fraction of sp³-hybridized carbons (Fsp3) is 0.615. The maximum atomic E-state index is 12.0. The minimum Gasteiger partial charge on any atom is -0.472 e. The first kappa shape index (κ1) is 12.2. The summed E-state index contributed by atoms with van der Waals surface area (Å²) in [6.07, 6.45) is 7.16. The van der Waals surface area contributed by atoms with Crippen LogP contribution in [0.4, 0.5) is 0 Å². The third kappa shape index (κ3) is 2.69. The van der Waals surface area contributed by atoms with E-state index in [1.165, 1.54) is 12.5 Å². The summed E-state index contributed by atoms with van der Waals surface area (Å²) in [6.45, 7) is 2.75. The number of nitrogens with one attached hydrogen (secondary N) is 1. The zero-order valence-corrected chi connectivity index (χ0v) is 10.2. The molecule has 1 heterocycles. The molecular weight excluding hydrogens is 216 g/mol. The second kappa shape index (κ2) is 4.92. The van der Waals surface area contributed by atoms with Gasteiger partial charge in [-0.25, -0.2) is 0 Å². The molecule has 0 spiro atoms. The van der Waals surface area contributed by atoms with Crippen molar-refractivity contribution in [1.82, 2.24) is 5.32 Å². The Labute approximate surface area is 102 Å². The van der Waals surface area contributed by atoms with Crippen molar-refractivity contribution in [2.45, 2.75) is 38.1 Å². The van der Waals surface area contributed by atoms with Crippen molar-refractivity contribution in [3.8, 4) is 0 Å². The molecule has 17 heavy (non-hydrogen) atoms. The van der Waals surface area contributed by atoms with Crippen LogP contribution in [0.3, 0.4) is 0 Å². The van der Waals surface area contributed by atoms with E-state index in [2.05, 4.69) is 12.2 Å². The first-order valence-corrected chi connectivity index (χ1v) is 6.20. The first-order chi connectivity index (χ1) is 8.15. The van der Waals surface area contributed by atoms with Crippen LogP contribution in [0.25, 0.3) is 0 Å². The maximum Gasteiger partial charge on any atom is 0.255 e. The third-order valence-corrected chi connectivity index (χ3v) is 3.78. The topological polar surface area (TPSA) is 68.3 Å². The normalized spacial score (nSPS) is 28.9. The van der Waals surface area contributed by atoms with Crippen molar-refractivity contribution in [3.05, 3.63) is 24.2 Å². The summed E-state index contributed by atoms with van der Waals surface area (Å²) in [5.41, 5.74) is 6.19. The second-order valence-electron chi connectivity index (χ2n) is 5.13. The monoisotopic (exact) mass is 236 g/mol. The van der Waals surface area contributed by atoms with Gasteiger partial charge in [-0.3, -0.25) is 4.79 Å². The van der Waals surface area contributed by atoms with Crippen LogP contribution in [-0.2, 0) is 0 Å². The highest BCUT2D eigenvalue weighted by molar-refractivity contribution is 5.94. The van der Waals surface area contributed by atoms with Crippen molar-refractivity contribution < 1.29 is 9.21 Å². The van der Waals surface area contributed by atoms with Gasteiger partial charge in [-0.2, -0.15) is 0 Å². The largest absolute Gasteiger partial charge is 0.472 e. The van der Waals surface area contributed by atoms with Gasteiger partial charge in [0.1, 0.15) is 6.26 Å². The van der Waals surface area contributed by atoms with Gasteiger partial charge in [0, 0.05) is 6.54 Å². The van der Waals surface area contributed by atoms with Crippen molar-refractivity contribution in [2.24, 2.45) is 11.7 Å². The molecular formula is C13H20N2O2. The SMILES string of the molecule is CC1CCC(CN)(NC(=O)c2ccoc2)CC1. The molecule has 4 heteroatoms. The number of rotatable bonds is 3. The summed E-state index contributed by atoms with van der Waals surface area (Å²) in [6, 6.07) is 1.67. The van der Waals surface area contributed by atoms with Crippen LogP contribution in [0.2, 0.25) is 0 Å². The molecule has 3 N–H and O–H groups in total. The Hall–Kier alpha value is -1.29. The molecule has 2 rings (SSSR count). The predicted octanol–water partition coefficient (Wildman–Crippen LogP) is 1.92. The molecule has 1 aliphatic carbocycles. The van der Waals surface area contributed by atoms with Crippen molar-refractivity contribution in [3.63, 3.8) is 0 Å². The van der Waals surface area contributed by atoms with Crippen LogP contribution in [0, 0.1) is 5.92 Å². The minimum absolute atomic E-state index is 0.0845. The predicted molar refractivity (Wildman–Crippen MR) is 65.6 cm³/mol. The number of amides is 1. The average molecular weight is 236 g/mol. The lowest BCUT2D eigenvalue weighted by molar-refractivity contribution is 0.0859. The average Bonchev–Trinajstić information content (AvgIpc) is 2.86. The van der Waals surface area contributed by atoms with Crippen molar-refractivity contribution >= 4 is 5.91 Å². The number of nitrogens with two attached hydrogens (primary N) is 1. The van der Waals surface area contributed by atoms with Gasteiger partial charge in [-0.15, -0.1) is 0 Å². The van der Waals surface area contributed by atoms with Gasteiger partial charge in [0.15, 0.2) is 0 Å². The molecule has 0 radical (unpaired) electrons. The van der Waals surface area contributed by atoms with Crippen molar-refractivity contribution in [1.29, 1.82) is 0 Å². The summed E-state index contributed by atoms with van der Waals surface area (Å²) >= 11 is 0. The lowest BCUT2D eigenvalue weighted by Gasteiger charge is -2.39. The zero-order chi connectivity index (χ0) is 12.3. The fourth-order valence-corrected chi connectivity index (χ4v) is 2.40. The van der Waals surface area contributed by atoms with E-state index in [9.17, 15) is 4.79 Å². The Bertz CT molecular complexity index is 365. The van der Waals surface area contributed by atoms with E-state index in [0.717, 1.165) is 31.6 Å². The molecule has 0 aliphatic heterocycles. The lowest BCUT2D eigenvalue weighted by atomic mass is 9.77. The van der Waals surface area contributed by atoms with Gasteiger partial charge < -0.3 is 15.5 Å². The summed E-state index contributed by atoms with van der Waals surface area (Å²) in [7, 11) is 0. The quantitative estimate of drug-likeness (QED) is 0.842. The van der Waals surface area contributed by atoms with E-state index in [4.69, 9.17) is 10.2 Å². The van der Waals surface area contributed by atoms with E-state index >= 15 is 0 Å². The highest BCUT2D eigenvalue weighted by Gasteiger charge is 2.34. The fourth-order valence-electron chi connectivity index (χ4n) is 2.40. The molecule has 1 aromatic rings. The summed E-state index contributed by atoms with van der Waals surface area (Å²) in [5, 5.41) is 3.08. The summed E-state index contributed by atoms with van der Waals surface area (Å²) < 4.78 is 4.92. The number of carbonyl (C=O) groups is 1. The molecule has 0 atom stereocenters. The highest BCUT2D eigenvalue weighted by Crippen LogP contribution is 2.31. The van der Waals surface area contributed by atoms with Gasteiger partial charge in [0.05, 0.1) is 17.4 Å². The molecule has 94 valence electrons. The molecule has 0 unspecified atom stereocenters. The summed E-state index contributed by atoms with van der Waals surface area (Å²) in [4.78, 5) is 12.0. The molecule has 1 aliphatic rings. The smallest absolute Gasteiger partial charge is 0.255 e. The van der Waals surface area contributed by atoms with Crippen LogP contribution in [0.15, 0.2) is 23.0 Å². The highest BCUT2D eigenvalue weighted by atomic mass is 16.3. The number of hydrogen-bond acceptors (Lipinski definition) is 3. The first-order valence-electron chi connectivity index (χ1n) is 6.20. The Morgan fingerprint density at radius 3 is 2.82 bits per heavy atom. The lowest BCUT2D eigenvalue weighted by Crippen LogP contribution is -2.55. The van der Waals surface area contributed by atoms with Crippen LogP contribution in [0.1, 0.15) is 43.0 Å². The van der Waals surface area contributed by atoms with Gasteiger partial charge in [0.2, 0.25) is 0 Å². The standard InChI is InChI=1S/C13H20N2O2/c1-10-2-5-13(9-14,6-3-10)15-12(16)11-4-7-17-8-11/h4,7-8,10H,2-3,5-6,9,14H2,1H3,(H,15,16). The minimum atomic E-state index is -0.221.